The summed E-state index contributed by atoms with van der Waals surface area (Å²) < 4.78 is 32.9. The van der Waals surface area contributed by atoms with Crippen LogP contribution in [0.25, 0.3) is 6.08 Å². The van der Waals surface area contributed by atoms with Gasteiger partial charge in [-0.2, -0.15) is 0 Å². The molecule has 0 atom stereocenters. The van der Waals surface area contributed by atoms with E-state index in [-0.39, 0.29) is 10.8 Å². The molecule has 3 aromatic carbocycles. The van der Waals surface area contributed by atoms with Crippen LogP contribution in [-0.4, -0.2) is 44.9 Å². The Morgan fingerprint density at radius 2 is 1.64 bits per heavy atom. The zero-order valence-corrected chi connectivity index (χ0v) is 22.3. The standard InChI is InChI=1S/C29H27N3O6S/c1-29(2)28(35)30-23-8-4-6-10-25(23)32(29)26(33)19-38-27(34)16-13-20-11-14-22(15-12-20)39(36,37)31-18-17-21-7-3-5-9-24(21)31/h3-16H,17-19H2,1-2H3,(H,30,35)/b16-13+. The van der Waals surface area contributed by atoms with E-state index in [4.69, 9.17) is 4.74 Å². The van der Waals surface area contributed by atoms with Gasteiger partial charge < -0.3 is 10.1 Å². The zero-order chi connectivity index (χ0) is 27.8. The quantitative estimate of drug-likeness (QED) is 0.373. The third-order valence-electron chi connectivity index (χ3n) is 6.82. The maximum Gasteiger partial charge on any atom is 0.331 e. The van der Waals surface area contributed by atoms with E-state index in [1.165, 1.54) is 27.4 Å². The van der Waals surface area contributed by atoms with Gasteiger partial charge in [0.15, 0.2) is 6.61 Å². The zero-order valence-electron chi connectivity index (χ0n) is 21.5. The normalized spacial score (nSPS) is 16.0. The fourth-order valence-electron chi connectivity index (χ4n) is 4.74. The maximum absolute atomic E-state index is 13.2. The molecule has 2 amide bonds. The summed E-state index contributed by atoms with van der Waals surface area (Å²) in [6.07, 6.45) is 3.30. The number of carbonyl (C=O) groups excluding carboxylic acids is 3. The molecule has 0 aliphatic carbocycles. The number of sulfonamides is 1. The van der Waals surface area contributed by atoms with E-state index in [0.29, 0.717) is 35.6 Å². The highest BCUT2D eigenvalue weighted by molar-refractivity contribution is 7.92. The molecule has 10 heteroatoms. The number of nitrogens with zero attached hydrogens (tertiary/aromatic N) is 2. The lowest BCUT2D eigenvalue weighted by atomic mass is 9.96. The van der Waals surface area contributed by atoms with Crippen molar-refractivity contribution in [3.05, 3.63) is 90.0 Å². The first-order chi connectivity index (χ1) is 18.6. The van der Waals surface area contributed by atoms with E-state index in [1.54, 1.807) is 56.3 Å². The van der Waals surface area contributed by atoms with Gasteiger partial charge in [0.25, 0.3) is 15.9 Å². The number of fused-ring (bicyclic) bond motifs is 2. The molecule has 0 bridgehead atoms. The lowest BCUT2D eigenvalue weighted by Crippen LogP contribution is -2.59. The van der Waals surface area contributed by atoms with Crippen molar-refractivity contribution in [3.63, 3.8) is 0 Å². The second-order valence-electron chi connectivity index (χ2n) is 9.73. The van der Waals surface area contributed by atoms with Gasteiger partial charge in [0.2, 0.25) is 5.91 Å². The predicted octanol–water partition coefficient (Wildman–Crippen LogP) is 3.76. The second kappa shape index (κ2) is 10.0. The molecule has 0 fully saturated rings. The average molecular weight is 546 g/mol. The molecule has 9 nitrogen and oxygen atoms in total. The van der Waals surface area contributed by atoms with Crippen molar-refractivity contribution in [2.75, 3.05) is 27.7 Å². The van der Waals surface area contributed by atoms with Gasteiger partial charge in [-0.1, -0.05) is 42.5 Å². The number of carbonyl (C=O) groups is 3. The number of hydrogen-bond acceptors (Lipinski definition) is 6. The maximum atomic E-state index is 13.2. The molecule has 2 aliphatic rings. The van der Waals surface area contributed by atoms with Crippen molar-refractivity contribution in [3.8, 4) is 0 Å². The van der Waals surface area contributed by atoms with Crippen LogP contribution in [0.3, 0.4) is 0 Å². The fraction of sp³-hybridized carbons (Fsp3) is 0.207. The molecule has 2 aliphatic heterocycles. The van der Waals surface area contributed by atoms with Crippen molar-refractivity contribution in [1.82, 2.24) is 0 Å². The van der Waals surface area contributed by atoms with E-state index in [2.05, 4.69) is 5.32 Å². The van der Waals surface area contributed by atoms with E-state index < -0.39 is 34.0 Å². The van der Waals surface area contributed by atoms with Crippen LogP contribution in [0.2, 0.25) is 0 Å². The number of esters is 1. The summed E-state index contributed by atoms with van der Waals surface area (Å²) >= 11 is 0. The van der Waals surface area contributed by atoms with Crippen LogP contribution in [0.15, 0.2) is 83.8 Å². The number of hydrogen-bond donors (Lipinski definition) is 1. The number of para-hydroxylation sites is 3. The molecular weight excluding hydrogens is 518 g/mol. The van der Waals surface area contributed by atoms with Crippen LogP contribution in [0, 0.1) is 0 Å². The molecule has 3 aromatic rings. The molecule has 5 rings (SSSR count). The van der Waals surface area contributed by atoms with Crippen LogP contribution >= 0.6 is 0 Å². The Balaban J connectivity index is 1.22. The highest BCUT2D eigenvalue weighted by atomic mass is 32.2. The molecule has 0 saturated carbocycles. The van der Waals surface area contributed by atoms with Crippen LogP contribution in [0.5, 0.6) is 0 Å². The molecule has 200 valence electrons. The fourth-order valence-corrected chi connectivity index (χ4v) is 6.25. The third-order valence-corrected chi connectivity index (χ3v) is 8.65. The van der Waals surface area contributed by atoms with Crippen molar-refractivity contribution >= 4 is 50.9 Å². The van der Waals surface area contributed by atoms with Crippen LogP contribution in [-0.2, 0) is 35.6 Å². The minimum Gasteiger partial charge on any atom is -0.452 e. The highest BCUT2D eigenvalue weighted by Gasteiger charge is 2.43. The van der Waals surface area contributed by atoms with Gasteiger partial charge in [-0.25, -0.2) is 13.2 Å². The van der Waals surface area contributed by atoms with Gasteiger partial charge in [0, 0.05) is 12.6 Å². The molecule has 0 saturated heterocycles. The van der Waals surface area contributed by atoms with E-state index in [9.17, 15) is 22.8 Å². The number of rotatable bonds is 6. The molecule has 2 heterocycles. The van der Waals surface area contributed by atoms with Crippen molar-refractivity contribution in [2.45, 2.75) is 30.7 Å². The topological polar surface area (TPSA) is 113 Å². The van der Waals surface area contributed by atoms with Crippen LogP contribution in [0.1, 0.15) is 25.0 Å². The monoisotopic (exact) mass is 545 g/mol. The summed E-state index contributed by atoms with van der Waals surface area (Å²) in [4.78, 5) is 39.4. The summed E-state index contributed by atoms with van der Waals surface area (Å²) in [7, 11) is -3.72. The Labute approximate surface area is 226 Å². The Bertz CT molecular complexity index is 1600. The van der Waals surface area contributed by atoms with Gasteiger partial charge in [-0.15, -0.1) is 0 Å². The Hall–Kier alpha value is -4.44. The minimum absolute atomic E-state index is 0.151. The van der Waals surface area contributed by atoms with Crippen LogP contribution in [0.4, 0.5) is 17.1 Å². The molecule has 0 unspecified atom stereocenters. The summed E-state index contributed by atoms with van der Waals surface area (Å²) in [5.41, 5.74) is 2.12. The van der Waals surface area contributed by atoms with E-state index in [1.807, 2.05) is 18.2 Å². The Kier molecular flexibility index (Phi) is 6.73. The first kappa shape index (κ1) is 26.2. The molecule has 39 heavy (non-hydrogen) atoms. The minimum atomic E-state index is -3.72. The first-order valence-corrected chi connectivity index (χ1v) is 13.8. The lowest BCUT2D eigenvalue weighted by molar-refractivity contribution is -0.143. The summed E-state index contributed by atoms with van der Waals surface area (Å²) in [6.45, 7) is 3.07. The van der Waals surface area contributed by atoms with Crippen molar-refractivity contribution in [1.29, 1.82) is 0 Å². The first-order valence-electron chi connectivity index (χ1n) is 12.4. The lowest BCUT2D eigenvalue weighted by Gasteiger charge is -2.41. The largest absolute Gasteiger partial charge is 0.452 e. The molecule has 0 spiro atoms. The molecule has 0 aromatic heterocycles. The number of ether oxygens (including phenoxy) is 1. The number of amides is 2. The van der Waals surface area contributed by atoms with Gasteiger partial charge in [0.1, 0.15) is 5.54 Å². The molecular formula is C29H27N3O6S. The van der Waals surface area contributed by atoms with Gasteiger partial charge in [-0.05, 0) is 67.8 Å². The van der Waals surface area contributed by atoms with Gasteiger partial charge in [-0.3, -0.25) is 18.8 Å². The number of nitrogens with one attached hydrogen (secondary N) is 1. The Morgan fingerprint density at radius 1 is 0.974 bits per heavy atom. The summed E-state index contributed by atoms with van der Waals surface area (Å²) in [6, 6.07) is 20.5. The highest BCUT2D eigenvalue weighted by Crippen LogP contribution is 2.37. The Morgan fingerprint density at radius 3 is 2.38 bits per heavy atom. The van der Waals surface area contributed by atoms with Gasteiger partial charge in [0.05, 0.1) is 22.0 Å². The third kappa shape index (κ3) is 4.90. The van der Waals surface area contributed by atoms with Gasteiger partial charge >= 0.3 is 5.97 Å². The van der Waals surface area contributed by atoms with Crippen molar-refractivity contribution < 1.29 is 27.5 Å². The number of anilines is 3. The SMILES string of the molecule is CC1(C)C(=O)Nc2ccccc2N1C(=O)COC(=O)/C=C/c1ccc(S(=O)(=O)N2CCc3ccccc32)cc1. The van der Waals surface area contributed by atoms with Crippen LogP contribution < -0.4 is 14.5 Å². The van der Waals surface area contributed by atoms with E-state index in [0.717, 1.165) is 11.6 Å². The van der Waals surface area contributed by atoms with Crippen molar-refractivity contribution in [2.24, 2.45) is 0 Å². The molecule has 0 radical (unpaired) electrons. The van der Waals surface area contributed by atoms with E-state index >= 15 is 0 Å². The summed E-state index contributed by atoms with van der Waals surface area (Å²) in [5, 5.41) is 2.78. The smallest absolute Gasteiger partial charge is 0.331 e. The average Bonchev–Trinajstić information content (AvgIpc) is 3.36. The molecule has 1 N–H and O–H groups in total. The summed E-state index contributed by atoms with van der Waals surface area (Å²) in [5.74, 6) is -1.64. The number of benzene rings is 3. The second-order valence-corrected chi connectivity index (χ2v) is 11.6. The predicted molar refractivity (Wildman–Crippen MR) is 148 cm³/mol.